The predicted octanol–water partition coefficient (Wildman–Crippen LogP) is 1.02. The van der Waals surface area contributed by atoms with Crippen LogP contribution < -0.4 is 5.73 Å². The van der Waals surface area contributed by atoms with Gasteiger partial charge in [-0.1, -0.05) is 0 Å². The first kappa shape index (κ1) is 7.49. The van der Waals surface area contributed by atoms with E-state index >= 15 is 0 Å². The number of thioether (sulfide) groups is 1. The highest BCUT2D eigenvalue weighted by molar-refractivity contribution is 8.13. The maximum Gasteiger partial charge on any atom is 0.284 e. The van der Waals surface area contributed by atoms with Crippen molar-refractivity contribution in [2.45, 2.75) is 12.1 Å². The van der Waals surface area contributed by atoms with Gasteiger partial charge < -0.3 is 5.73 Å². The van der Waals surface area contributed by atoms with Gasteiger partial charge in [0.15, 0.2) is 0 Å². The molecule has 54 valence electrons. The molecule has 0 atom stereocenters. The summed E-state index contributed by atoms with van der Waals surface area (Å²) in [6, 6.07) is 0. The highest BCUT2D eigenvalue weighted by Gasteiger charge is 2.03. The summed E-state index contributed by atoms with van der Waals surface area (Å²) in [7, 11) is 0. The minimum Gasteiger partial charge on any atom is -0.360 e. The average Bonchev–Trinajstić information content (AvgIpc) is 2.13. The van der Waals surface area contributed by atoms with Crippen molar-refractivity contribution in [3.63, 3.8) is 0 Å². The van der Waals surface area contributed by atoms with Crippen LogP contribution in [-0.2, 0) is 0 Å². The third-order valence-corrected chi connectivity index (χ3v) is 2.00. The van der Waals surface area contributed by atoms with Gasteiger partial charge in [0, 0.05) is 11.8 Å². The summed E-state index contributed by atoms with van der Waals surface area (Å²) in [5.74, 6) is 0. The molecule has 2 N–H and O–H groups in total. The number of carbonyl (C=O) groups is 1. The highest BCUT2D eigenvalue weighted by atomic mass is 32.2. The van der Waals surface area contributed by atoms with Crippen LogP contribution in [0.1, 0.15) is 5.01 Å². The molecular formula is C4H5N3OS2. The molecule has 0 saturated carbocycles. The van der Waals surface area contributed by atoms with Gasteiger partial charge in [0.05, 0.1) is 0 Å². The maximum absolute atomic E-state index is 10.3. The number of amides is 1. The molecule has 0 spiro atoms. The number of primary amides is 1. The number of hydrogen-bond acceptors (Lipinski definition) is 5. The molecule has 1 aromatic heterocycles. The van der Waals surface area contributed by atoms with E-state index in [1.807, 2.05) is 6.92 Å². The van der Waals surface area contributed by atoms with Crippen LogP contribution in [0.25, 0.3) is 0 Å². The van der Waals surface area contributed by atoms with Crippen LogP contribution in [0.4, 0.5) is 4.79 Å². The third kappa shape index (κ3) is 1.96. The molecule has 1 rings (SSSR count). The number of aromatic nitrogens is 2. The molecule has 10 heavy (non-hydrogen) atoms. The number of rotatable bonds is 1. The monoisotopic (exact) mass is 175 g/mol. The Morgan fingerprint density at radius 2 is 2.50 bits per heavy atom. The van der Waals surface area contributed by atoms with Gasteiger partial charge in [-0.25, -0.2) is 4.98 Å². The largest absolute Gasteiger partial charge is 0.360 e. The van der Waals surface area contributed by atoms with E-state index in [-0.39, 0.29) is 0 Å². The minimum atomic E-state index is -0.474. The molecule has 6 heteroatoms. The Kier molecular flexibility index (Phi) is 2.23. The summed E-state index contributed by atoms with van der Waals surface area (Å²) in [6.45, 7) is 1.82. The third-order valence-electron chi connectivity index (χ3n) is 0.701. The number of nitrogens with two attached hydrogens (primary N) is 1. The lowest BCUT2D eigenvalue weighted by Gasteiger charge is -1.83. The molecule has 0 aliphatic carbocycles. The Hall–Kier alpha value is -0.620. The van der Waals surface area contributed by atoms with Crippen LogP contribution in [0.15, 0.2) is 5.16 Å². The molecule has 1 aromatic rings. The van der Waals surface area contributed by atoms with Crippen LogP contribution in [0.5, 0.6) is 0 Å². The van der Waals surface area contributed by atoms with E-state index in [9.17, 15) is 4.79 Å². The normalized spacial score (nSPS) is 9.70. The van der Waals surface area contributed by atoms with Gasteiger partial charge in [-0.3, -0.25) is 4.79 Å². The van der Waals surface area contributed by atoms with Crippen molar-refractivity contribution in [3.8, 4) is 0 Å². The second kappa shape index (κ2) is 2.98. The van der Waals surface area contributed by atoms with Crippen molar-refractivity contribution in [3.05, 3.63) is 5.01 Å². The maximum atomic E-state index is 10.3. The van der Waals surface area contributed by atoms with E-state index in [2.05, 4.69) is 9.36 Å². The molecular weight excluding hydrogens is 170 g/mol. The van der Waals surface area contributed by atoms with Crippen molar-refractivity contribution < 1.29 is 4.79 Å². The van der Waals surface area contributed by atoms with Gasteiger partial charge in [0.2, 0.25) is 5.16 Å². The zero-order valence-corrected chi connectivity index (χ0v) is 6.83. The quantitative estimate of drug-likeness (QED) is 0.647. The van der Waals surface area contributed by atoms with E-state index in [4.69, 9.17) is 5.73 Å². The van der Waals surface area contributed by atoms with Crippen LogP contribution in [0.3, 0.4) is 0 Å². The summed E-state index contributed by atoms with van der Waals surface area (Å²) in [5, 5.41) is 0.802. The molecule has 1 amide bonds. The number of nitrogens with zero attached hydrogens (tertiary/aromatic N) is 2. The lowest BCUT2D eigenvalue weighted by Crippen LogP contribution is -2.01. The standard InChI is InChI=1S/C4H5N3OS2/c1-2-6-4(7-10-2)9-3(5)8/h1H3,(H2,5,8). The van der Waals surface area contributed by atoms with E-state index in [0.717, 1.165) is 16.8 Å². The summed E-state index contributed by atoms with van der Waals surface area (Å²) in [4.78, 5) is 14.2. The predicted molar refractivity (Wildman–Crippen MR) is 40.1 cm³/mol. The van der Waals surface area contributed by atoms with E-state index < -0.39 is 5.24 Å². The lowest BCUT2D eigenvalue weighted by atomic mass is 10.8. The highest BCUT2D eigenvalue weighted by Crippen LogP contribution is 2.14. The molecule has 0 fully saturated rings. The Morgan fingerprint density at radius 1 is 1.80 bits per heavy atom. The molecule has 0 aromatic carbocycles. The number of hydrogen-bond donors (Lipinski definition) is 1. The van der Waals surface area contributed by atoms with Crippen molar-refractivity contribution in [1.29, 1.82) is 0 Å². The average molecular weight is 175 g/mol. The second-order valence-corrected chi connectivity index (χ2v) is 3.44. The number of aryl methyl sites for hydroxylation is 1. The smallest absolute Gasteiger partial charge is 0.284 e. The Balaban J connectivity index is 2.67. The van der Waals surface area contributed by atoms with Gasteiger partial charge in [-0.15, -0.1) is 0 Å². The fourth-order valence-electron chi connectivity index (χ4n) is 0.412. The van der Waals surface area contributed by atoms with Gasteiger partial charge in [0.25, 0.3) is 5.24 Å². The molecule has 0 saturated heterocycles. The zero-order valence-electron chi connectivity index (χ0n) is 5.20. The fraction of sp³-hybridized carbons (Fsp3) is 0.250. The SMILES string of the molecule is Cc1nc(SC(N)=O)ns1. The van der Waals surface area contributed by atoms with Crippen LogP contribution >= 0.6 is 23.3 Å². The summed E-state index contributed by atoms with van der Waals surface area (Å²) >= 11 is 2.10. The fourth-order valence-corrected chi connectivity index (χ4v) is 1.47. The van der Waals surface area contributed by atoms with Crippen molar-refractivity contribution in [2.24, 2.45) is 5.73 Å². The lowest BCUT2D eigenvalue weighted by molar-refractivity contribution is 0.267. The minimum absolute atomic E-state index is 0.440. The van der Waals surface area contributed by atoms with Crippen LogP contribution in [-0.4, -0.2) is 14.6 Å². The first-order valence-corrected chi connectivity index (χ1v) is 4.05. The van der Waals surface area contributed by atoms with Crippen molar-refractivity contribution in [2.75, 3.05) is 0 Å². The van der Waals surface area contributed by atoms with Gasteiger partial charge >= 0.3 is 0 Å². The van der Waals surface area contributed by atoms with Crippen LogP contribution in [0, 0.1) is 6.92 Å². The van der Waals surface area contributed by atoms with Crippen LogP contribution in [0.2, 0.25) is 0 Å². The Labute approximate surface area is 66.0 Å². The summed E-state index contributed by atoms with van der Waals surface area (Å²) in [6.07, 6.45) is 0. The number of carbonyl (C=O) groups excluding carboxylic acids is 1. The topological polar surface area (TPSA) is 68.9 Å². The zero-order chi connectivity index (χ0) is 7.56. The molecule has 0 aliphatic rings. The van der Waals surface area contributed by atoms with E-state index in [0.29, 0.717) is 5.16 Å². The molecule has 0 unspecified atom stereocenters. The van der Waals surface area contributed by atoms with Gasteiger partial charge in [-0.2, -0.15) is 4.37 Å². The Bertz CT molecular complexity index is 246. The van der Waals surface area contributed by atoms with Gasteiger partial charge in [0.1, 0.15) is 5.01 Å². The van der Waals surface area contributed by atoms with Gasteiger partial charge in [-0.05, 0) is 18.5 Å². The molecule has 4 nitrogen and oxygen atoms in total. The first-order valence-electron chi connectivity index (χ1n) is 2.46. The first-order chi connectivity index (χ1) is 4.68. The molecule has 0 bridgehead atoms. The summed E-state index contributed by atoms with van der Waals surface area (Å²) in [5.41, 5.74) is 4.88. The van der Waals surface area contributed by atoms with E-state index in [1.54, 1.807) is 0 Å². The van der Waals surface area contributed by atoms with Crippen molar-refractivity contribution >= 4 is 28.5 Å². The second-order valence-electron chi connectivity index (χ2n) is 1.52. The molecule has 0 aliphatic heterocycles. The van der Waals surface area contributed by atoms with Crippen molar-refractivity contribution in [1.82, 2.24) is 9.36 Å². The Morgan fingerprint density at radius 3 is 2.90 bits per heavy atom. The molecule has 1 heterocycles. The molecule has 0 radical (unpaired) electrons. The van der Waals surface area contributed by atoms with E-state index in [1.165, 1.54) is 11.5 Å². The summed E-state index contributed by atoms with van der Waals surface area (Å²) < 4.78 is 3.85.